The maximum Gasteiger partial charge on any atom is 0.235 e. The lowest BCUT2D eigenvalue weighted by Crippen LogP contribution is -2.36. The molecule has 0 amide bonds. The molecule has 0 N–H and O–H groups in total. The average Bonchev–Trinajstić information content (AvgIpc) is 3.92. The molecule has 0 radical (unpaired) electrons. The molecule has 322 valence electrons. The highest BCUT2D eigenvalue weighted by Crippen LogP contribution is 2.63. The summed E-state index contributed by atoms with van der Waals surface area (Å²) in [6, 6.07) is 92.3. The van der Waals surface area contributed by atoms with Gasteiger partial charge in [-0.2, -0.15) is 0 Å². The summed E-state index contributed by atoms with van der Waals surface area (Å²) in [6.07, 6.45) is 0. The zero-order valence-corrected chi connectivity index (χ0v) is 37.5. The predicted molar refractivity (Wildman–Crippen MR) is 284 cm³/mol. The average molecular weight is 879 g/mol. The molecule has 3 heterocycles. The first-order valence-electron chi connectivity index (χ1n) is 23.7. The Kier molecular flexibility index (Phi) is 8.77. The largest absolute Gasteiger partial charge is 0.309 e. The van der Waals surface area contributed by atoms with Gasteiger partial charge in [0.25, 0.3) is 0 Å². The van der Waals surface area contributed by atoms with E-state index in [-0.39, 0.29) is 0 Å². The summed E-state index contributed by atoms with van der Waals surface area (Å²) in [4.78, 5) is 13.1. The van der Waals surface area contributed by atoms with E-state index in [2.05, 4.69) is 252 Å². The van der Waals surface area contributed by atoms with Gasteiger partial charge in [0.05, 0.1) is 39.2 Å². The van der Waals surface area contributed by atoms with Gasteiger partial charge in [-0.25, -0.2) is 9.97 Å². The van der Waals surface area contributed by atoms with Gasteiger partial charge in [-0.1, -0.05) is 200 Å². The summed E-state index contributed by atoms with van der Waals surface area (Å²) >= 11 is 0. The highest BCUT2D eigenvalue weighted by Gasteiger charge is 2.52. The van der Waals surface area contributed by atoms with Gasteiger partial charge >= 0.3 is 0 Å². The zero-order valence-electron chi connectivity index (χ0n) is 37.5. The maximum absolute atomic E-state index is 5.39. The topological polar surface area (TPSA) is 34.0 Å². The van der Waals surface area contributed by atoms with Crippen LogP contribution in [0, 0.1) is 0 Å². The standard InChI is InChI=1S/C65H42N4/c1-4-19-43(20-5-1)46-25-18-26-49(39-46)68-60-32-15-11-28-51(60)53-41-48(36-38-61(53)68)47-35-37-55-52(40-47)50-27-10-12-29-54(50)65(55)56-30-13-16-33-62(56)69(63-34-17-14-31-57(63)65)64-66-58(44-21-6-2-7-22-44)42-59(67-64)45-23-8-3-9-24-45/h1-42H. The molecule has 69 heavy (non-hydrogen) atoms. The molecule has 4 heteroatoms. The van der Waals surface area contributed by atoms with Crippen LogP contribution in [0.1, 0.15) is 22.3 Å². The van der Waals surface area contributed by atoms with E-state index < -0.39 is 5.41 Å². The lowest BCUT2D eigenvalue weighted by atomic mass is 9.64. The molecule has 2 aliphatic rings. The van der Waals surface area contributed by atoms with Crippen molar-refractivity contribution in [3.63, 3.8) is 0 Å². The van der Waals surface area contributed by atoms with Crippen LogP contribution in [0.4, 0.5) is 17.3 Å². The maximum atomic E-state index is 5.39. The highest BCUT2D eigenvalue weighted by atomic mass is 15.3. The molecule has 0 saturated heterocycles. The summed E-state index contributed by atoms with van der Waals surface area (Å²) in [5, 5.41) is 2.47. The molecule has 12 aromatic rings. The second-order valence-corrected chi connectivity index (χ2v) is 18.1. The van der Waals surface area contributed by atoms with Crippen molar-refractivity contribution in [2.75, 3.05) is 4.90 Å². The molecular weight excluding hydrogens is 837 g/mol. The van der Waals surface area contributed by atoms with Crippen LogP contribution in [0.2, 0.25) is 0 Å². The number of rotatable bonds is 6. The molecule has 1 aliphatic carbocycles. The van der Waals surface area contributed by atoms with Crippen molar-refractivity contribution in [1.82, 2.24) is 14.5 Å². The van der Waals surface area contributed by atoms with Crippen molar-refractivity contribution < 1.29 is 0 Å². The minimum atomic E-state index is -0.598. The van der Waals surface area contributed by atoms with Gasteiger partial charge in [-0.05, 0) is 110 Å². The number of nitrogens with zero attached hydrogens (tertiary/aromatic N) is 4. The Balaban J connectivity index is 0.938. The summed E-state index contributed by atoms with van der Waals surface area (Å²) in [5.74, 6) is 0.632. The minimum Gasteiger partial charge on any atom is -0.309 e. The number of aromatic nitrogens is 3. The number of benzene rings is 10. The van der Waals surface area contributed by atoms with Gasteiger partial charge < -0.3 is 4.57 Å². The molecule has 10 aromatic carbocycles. The summed E-state index contributed by atoms with van der Waals surface area (Å²) in [7, 11) is 0. The highest BCUT2D eigenvalue weighted by molar-refractivity contribution is 6.11. The fourth-order valence-corrected chi connectivity index (χ4v) is 11.4. The SMILES string of the molecule is c1ccc(-c2cccc(-n3c4ccccc4c4cc(-c5ccc6c(c5)-c5ccccc5C65c6ccccc6N(c6nc(-c7ccccc7)cc(-c7ccccc7)n6)c6ccccc65)ccc43)c2)cc1. The second kappa shape index (κ2) is 15.5. The van der Waals surface area contributed by atoms with Crippen LogP contribution in [0.25, 0.3) is 83.4 Å². The van der Waals surface area contributed by atoms with Crippen molar-refractivity contribution in [3.8, 4) is 61.6 Å². The van der Waals surface area contributed by atoms with Gasteiger partial charge in [-0.15, -0.1) is 0 Å². The first kappa shape index (κ1) is 39.1. The van der Waals surface area contributed by atoms with Gasteiger partial charge in [0.15, 0.2) is 0 Å². The molecule has 14 rings (SSSR count). The molecule has 0 fully saturated rings. The van der Waals surface area contributed by atoms with Crippen molar-refractivity contribution in [2.24, 2.45) is 0 Å². The van der Waals surface area contributed by atoms with Crippen LogP contribution < -0.4 is 4.90 Å². The molecule has 4 nitrogen and oxygen atoms in total. The van der Waals surface area contributed by atoms with E-state index in [0.29, 0.717) is 5.95 Å². The van der Waals surface area contributed by atoms with Crippen LogP contribution in [-0.4, -0.2) is 14.5 Å². The van der Waals surface area contributed by atoms with Crippen LogP contribution >= 0.6 is 0 Å². The minimum absolute atomic E-state index is 0.598. The molecule has 1 aliphatic heterocycles. The fraction of sp³-hybridized carbons (Fsp3) is 0.0154. The Morgan fingerprint density at radius 1 is 0.304 bits per heavy atom. The molecule has 0 atom stereocenters. The number of anilines is 3. The number of fused-ring (bicyclic) bond motifs is 12. The van der Waals surface area contributed by atoms with Gasteiger partial charge in [0.1, 0.15) is 0 Å². The summed E-state index contributed by atoms with van der Waals surface area (Å²) in [6.45, 7) is 0. The van der Waals surface area contributed by atoms with Crippen molar-refractivity contribution in [1.29, 1.82) is 0 Å². The van der Waals surface area contributed by atoms with Gasteiger partial charge in [0.2, 0.25) is 5.95 Å². The van der Waals surface area contributed by atoms with Crippen molar-refractivity contribution in [3.05, 3.63) is 277 Å². The number of hydrogen-bond acceptors (Lipinski definition) is 3. The second-order valence-electron chi connectivity index (χ2n) is 18.1. The Morgan fingerprint density at radius 2 is 0.812 bits per heavy atom. The van der Waals surface area contributed by atoms with E-state index in [0.717, 1.165) is 39.6 Å². The van der Waals surface area contributed by atoms with E-state index in [1.54, 1.807) is 0 Å². The Labute approximate surface area is 400 Å². The predicted octanol–water partition coefficient (Wildman–Crippen LogP) is 16.4. The molecule has 0 unspecified atom stereocenters. The monoisotopic (exact) mass is 878 g/mol. The molecular formula is C65H42N4. The van der Waals surface area contributed by atoms with Gasteiger partial charge in [0, 0.05) is 27.6 Å². The van der Waals surface area contributed by atoms with E-state index in [1.807, 2.05) is 12.1 Å². The van der Waals surface area contributed by atoms with Crippen LogP contribution in [0.5, 0.6) is 0 Å². The van der Waals surface area contributed by atoms with E-state index in [9.17, 15) is 0 Å². The zero-order chi connectivity index (χ0) is 45.5. The van der Waals surface area contributed by atoms with E-state index in [4.69, 9.17) is 9.97 Å². The van der Waals surface area contributed by atoms with Crippen LogP contribution in [0.3, 0.4) is 0 Å². The fourth-order valence-electron chi connectivity index (χ4n) is 11.4. The first-order chi connectivity index (χ1) is 34.2. The van der Waals surface area contributed by atoms with E-state index >= 15 is 0 Å². The molecule has 0 saturated carbocycles. The number of para-hydroxylation sites is 3. The summed E-state index contributed by atoms with van der Waals surface area (Å²) in [5.41, 5.74) is 21.1. The Bertz CT molecular complexity index is 3860. The van der Waals surface area contributed by atoms with E-state index in [1.165, 1.54) is 77.4 Å². The molecule has 1 spiro atoms. The Hall–Kier alpha value is -9.12. The molecule has 2 aromatic heterocycles. The molecule has 0 bridgehead atoms. The first-order valence-corrected chi connectivity index (χ1v) is 23.7. The smallest absolute Gasteiger partial charge is 0.235 e. The quantitative estimate of drug-likeness (QED) is 0.167. The van der Waals surface area contributed by atoms with Gasteiger partial charge in [-0.3, -0.25) is 4.90 Å². The van der Waals surface area contributed by atoms with Crippen molar-refractivity contribution >= 4 is 39.1 Å². The number of hydrogen-bond donors (Lipinski definition) is 0. The third kappa shape index (κ3) is 5.95. The lowest BCUT2D eigenvalue weighted by Gasteiger charge is -2.44. The third-order valence-corrected chi connectivity index (χ3v) is 14.4. The third-order valence-electron chi connectivity index (χ3n) is 14.4. The normalized spacial score (nSPS) is 13.0. The lowest BCUT2D eigenvalue weighted by molar-refractivity contribution is 0.750. The Morgan fingerprint density at radius 3 is 1.51 bits per heavy atom. The summed E-state index contributed by atoms with van der Waals surface area (Å²) < 4.78 is 2.41. The van der Waals surface area contributed by atoms with Crippen LogP contribution in [-0.2, 0) is 5.41 Å². The van der Waals surface area contributed by atoms with Crippen LogP contribution in [0.15, 0.2) is 255 Å². The van der Waals surface area contributed by atoms with Crippen molar-refractivity contribution in [2.45, 2.75) is 5.41 Å².